The Morgan fingerprint density at radius 1 is 1.00 bits per heavy atom. The van der Waals surface area contributed by atoms with E-state index in [-0.39, 0.29) is 18.1 Å². The van der Waals surface area contributed by atoms with E-state index in [0.29, 0.717) is 6.42 Å². The molecule has 0 amide bonds. The molecule has 1 aromatic rings. The van der Waals surface area contributed by atoms with Crippen LogP contribution in [-0.4, -0.2) is 44.5 Å². The largest absolute Gasteiger partial charge is 0.380 e. The third-order valence-electron chi connectivity index (χ3n) is 7.84. The third-order valence-corrected chi connectivity index (χ3v) is 11.1. The Kier molecular flexibility index (Phi) is 8.51. The molecule has 3 atom stereocenters. The molecule has 3 unspecified atom stereocenters. The van der Waals surface area contributed by atoms with Crippen LogP contribution < -0.4 is 10.0 Å². The number of nitrogens with one attached hydrogen (secondary N) is 2. The number of ether oxygens (including phenoxy) is 1. The standard InChI is InChI=1S/C24H41N3O3S2/c1-17-23(31-24(26-17)25-16-18-9-5-3-6-10-18)19-13-14-21(30-2)22(15-19)32(28,29)27-20-11-7-4-8-12-20/h18-22,27H,3-16H2,1-2H3,(H,25,26). The van der Waals surface area contributed by atoms with Gasteiger partial charge in [-0.1, -0.05) is 38.5 Å². The maximum absolute atomic E-state index is 13.4. The average Bonchev–Trinajstić information content (AvgIpc) is 3.19. The zero-order chi connectivity index (χ0) is 22.6. The van der Waals surface area contributed by atoms with Gasteiger partial charge in [-0.2, -0.15) is 0 Å². The SMILES string of the molecule is COC1CCC(c2sc(NCC3CCCCC3)nc2C)CC1S(=O)(=O)NC1CCCCC1. The Morgan fingerprint density at radius 2 is 1.69 bits per heavy atom. The van der Waals surface area contributed by atoms with Crippen LogP contribution in [0.25, 0.3) is 0 Å². The van der Waals surface area contributed by atoms with Gasteiger partial charge in [-0.05, 0) is 63.7 Å². The zero-order valence-electron chi connectivity index (χ0n) is 19.8. The molecule has 0 saturated heterocycles. The van der Waals surface area contributed by atoms with E-state index in [1.807, 2.05) is 0 Å². The fraction of sp³-hybridized carbons (Fsp3) is 0.875. The van der Waals surface area contributed by atoms with Crippen molar-refractivity contribution in [2.75, 3.05) is 19.0 Å². The van der Waals surface area contributed by atoms with Gasteiger partial charge in [0.25, 0.3) is 0 Å². The first-order chi connectivity index (χ1) is 15.5. The maximum Gasteiger partial charge on any atom is 0.217 e. The van der Waals surface area contributed by atoms with Crippen molar-refractivity contribution in [1.29, 1.82) is 0 Å². The van der Waals surface area contributed by atoms with Crippen molar-refractivity contribution in [1.82, 2.24) is 9.71 Å². The summed E-state index contributed by atoms with van der Waals surface area (Å²) in [5.41, 5.74) is 1.05. The summed E-state index contributed by atoms with van der Waals surface area (Å²) in [6, 6.07) is 0.0902. The fourth-order valence-electron chi connectivity index (χ4n) is 5.96. The first kappa shape index (κ1) is 24.4. The monoisotopic (exact) mass is 483 g/mol. The molecule has 0 aliphatic heterocycles. The number of hydrogen-bond acceptors (Lipinski definition) is 6. The molecule has 3 saturated carbocycles. The van der Waals surface area contributed by atoms with Crippen LogP contribution >= 0.6 is 11.3 Å². The smallest absolute Gasteiger partial charge is 0.217 e. The highest BCUT2D eigenvalue weighted by molar-refractivity contribution is 7.90. The van der Waals surface area contributed by atoms with Gasteiger partial charge in [-0.3, -0.25) is 0 Å². The molecule has 3 aliphatic carbocycles. The van der Waals surface area contributed by atoms with Gasteiger partial charge in [0, 0.05) is 24.6 Å². The van der Waals surface area contributed by atoms with Gasteiger partial charge in [-0.15, -0.1) is 11.3 Å². The molecule has 0 radical (unpaired) electrons. The molecule has 4 rings (SSSR count). The summed E-state index contributed by atoms with van der Waals surface area (Å²) >= 11 is 1.73. The molecule has 32 heavy (non-hydrogen) atoms. The Morgan fingerprint density at radius 3 is 2.38 bits per heavy atom. The molecule has 182 valence electrons. The minimum atomic E-state index is -3.42. The second-order valence-corrected chi connectivity index (χ2v) is 13.1. The molecule has 0 spiro atoms. The van der Waals surface area contributed by atoms with E-state index in [4.69, 9.17) is 9.72 Å². The van der Waals surface area contributed by atoms with Crippen LogP contribution in [0.3, 0.4) is 0 Å². The molecule has 3 aliphatic rings. The number of aryl methyl sites for hydroxylation is 1. The van der Waals surface area contributed by atoms with E-state index in [0.717, 1.165) is 61.8 Å². The second-order valence-electron chi connectivity index (χ2n) is 10.2. The molecule has 1 aromatic heterocycles. The predicted octanol–water partition coefficient (Wildman–Crippen LogP) is 5.35. The van der Waals surface area contributed by atoms with Crippen molar-refractivity contribution < 1.29 is 13.2 Å². The van der Waals surface area contributed by atoms with Crippen molar-refractivity contribution in [3.8, 4) is 0 Å². The minimum absolute atomic E-state index is 0.0902. The predicted molar refractivity (Wildman–Crippen MR) is 132 cm³/mol. The molecule has 6 nitrogen and oxygen atoms in total. The zero-order valence-corrected chi connectivity index (χ0v) is 21.4. The number of nitrogens with zero attached hydrogens (tertiary/aromatic N) is 1. The van der Waals surface area contributed by atoms with E-state index < -0.39 is 15.3 Å². The maximum atomic E-state index is 13.4. The normalized spacial score (nSPS) is 28.6. The summed E-state index contributed by atoms with van der Waals surface area (Å²) in [5, 5.41) is 4.09. The van der Waals surface area contributed by atoms with Gasteiger partial charge in [-0.25, -0.2) is 18.1 Å². The fourth-order valence-corrected chi connectivity index (χ4v) is 9.09. The molecule has 0 aromatic carbocycles. The van der Waals surface area contributed by atoms with Crippen LogP contribution in [0.2, 0.25) is 0 Å². The molecule has 1 heterocycles. The van der Waals surface area contributed by atoms with Crippen molar-refractivity contribution in [2.45, 2.75) is 114 Å². The second kappa shape index (κ2) is 11.2. The Bertz CT molecular complexity index is 830. The van der Waals surface area contributed by atoms with E-state index in [9.17, 15) is 8.42 Å². The van der Waals surface area contributed by atoms with E-state index in [1.165, 1.54) is 43.4 Å². The summed E-state index contributed by atoms with van der Waals surface area (Å²) in [6.45, 7) is 3.08. The summed E-state index contributed by atoms with van der Waals surface area (Å²) in [7, 11) is -1.77. The van der Waals surface area contributed by atoms with Gasteiger partial charge < -0.3 is 10.1 Å². The lowest BCUT2D eigenvalue weighted by atomic mass is 9.85. The summed E-state index contributed by atoms with van der Waals surface area (Å²) in [4.78, 5) is 6.05. The first-order valence-corrected chi connectivity index (χ1v) is 15.1. The van der Waals surface area contributed by atoms with Crippen LogP contribution in [0, 0.1) is 12.8 Å². The number of hydrogen-bond donors (Lipinski definition) is 2. The Balaban J connectivity index is 1.42. The number of thiazole rings is 1. The third kappa shape index (κ3) is 6.05. The Labute approximate surface area is 198 Å². The number of methoxy groups -OCH3 is 1. The minimum Gasteiger partial charge on any atom is -0.380 e. The van der Waals surface area contributed by atoms with E-state index in [1.54, 1.807) is 18.4 Å². The quantitative estimate of drug-likeness (QED) is 0.521. The van der Waals surface area contributed by atoms with Crippen molar-refractivity contribution in [3.05, 3.63) is 10.6 Å². The van der Waals surface area contributed by atoms with Crippen LogP contribution in [0.4, 0.5) is 5.13 Å². The van der Waals surface area contributed by atoms with Crippen molar-refractivity contribution in [3.63, 3.8) is 0 Å². The summed E-state index contributed by atoms with van der Waals surface area (Å²) in [5.74, 6) is 0.992. The van der Waals surface area contributed by atoms with E-state index >= 15 is 0 Å². The number of aromatic nitrogens is 1. The lowest BCUT2D eigenvalue weighted by molar-refractivity contribution is 0.0685. The van der Waals surface area contributed by atoms with Gasteiger partial charge in [0.2, 0.25) is 10.0 Å². The molecular weight excluding hydrogens is 442 g/mol. The van der Waals surface area contributed by atoms with Gasteiger partial charge in [0.15, 0.2) is 5.13 Å². The van der Waals surface area contributed by atoms with Crippen LogP contribution in [0.1, 0.15) is 100.0 Å². The highest BCUT2D eigenvalue weighted by Crippen LogP contribution is 2.42. The average molecular weight is 484 g/mol. The van der Waals surface area contributed by atoms with Crippen molar-refractivity contribution >= 4 is 26.5 Å². The lowest BCUT2D eigenvalue weighted by Crippen LogP contribution is -2.49. The van der Waals surface area contributed by atoms with E-state index in [2.05, 4.69) is 17.0 Å². The molecule has 3 fully saturated rings. The molecule has 0 bridgehead atoms. The summed E-state index contributed by atoms with van der Waals surface area (Å²) < 4.78 is 35.4. The topological polar surface area (TPSA) is 80.3 Å². The molecule has 2 N–H and O–H groups in total. The van der Waals surface area contributed by atoms with Crippen LogP contribution in [0.5, 0.6) is 0 Å². The Hall–Kier alpha value is -0.700. The van der Waals surface area contributed by atoms with Gasteiger partial charge in [0.05, 0.1) is 11.8 Å². The molecule has 8 heteroatoms. The first-order valence-electron chi connectivity index (χ1n) is 12.7. The highest BCUT2D eigenvalue weighted by Gasteiger charge is 2.41. The van der Waals surface area contributed by atoms with Crippen molar-refractivity contribution in [2.24, 2.45) is 5.92 Å². The number of rotatable bonds is 8. The number of anilines is 1. The molecular formula is C24H41N3O3S2. The lowest BCUT2D eigenvalue weighted by Gasteiger charge is -2.36. The highest BCUT2D eigenvalue weighted by atomic mass is 32.2. The van der Waals surface area contributed by atoms with Gasteiger partial charge >= 0.3 is 0 Å². The number of sulfonamides is 1. The van der Waals surface area contributed by atoms with Gasteiger partial charge in [0.1, 0.15) is 5.25 Å². The van der Waals surface area contributed by atoms with Crippen LogP contribution in [0.15, 0.2) is 0 Å². The van der Waals surface area contributed by atoms with Crippen LogP contribution in [-0.2, 0) is 14.8 Å². The summed E-state index contributed by atoms with van der Waals surface area (Å²) in [6.07, 6.45) is 14.2.